The summed E-state index contributed by atoms with van der Waals surface area (Å²) in [5, 5.41) is 2.48. The van der Waals surface area contributed by atoms with Gasteiger partial charge in [0.1, 0.15) is 5.75 Å². The molecule has 0 saturated carbocycles. The Balaban J connectivity index is 1.89. The largest absolute Gasteiger partial charge is 0.496 e. The number of methoxy groups -OCH3 is 1. The molecule has 1 aliphatic rings. The maximum atomic E-state index is 5.91. The van der Waals surface area contributed by atoms with E-state index in [2.05, 4.69) is 48.2 Å². The summed E-state index contributed by atoms with van der Waals surface area (Å²) < 4.78 is 5.47. The average molecular weight is 284 g/mol. The quantitative estimate of drug-likeness (QED) is 0.938. The lowest BCUT2D eigenvalue weighted by atomic mass is 9.90. The Morgan fingerprint density at radius 3 is 2.62 bits per heavy atom. The van der Waals surface area contributed by atoms with Crippen LogP contribution in [0.4, 0.5) is 0 Å². The van der Waals surface area contributed by atoms with Crippen LogP contribution in [0.3, 0.4) is 0 Å². The Labute approximate surface area is 126 Å². The maximum Gasteiger partial charge on any atom is 0.126 e. The number of nitrogens with two attached hydrogens (primary N) is 1. The minimum absolute atomic E-state index is 0.280. The predicted molar refractivity (Wildman–Crippen MR) is 87.6 cm³/mol. The third kappa shape index (κ3) is 2.76. The second-order valence-electron chi connectivity index (χ2n) is 6.45. The Morgan fingerprint density at radius 2 is 1.95 bits per heavy atom. The average Bonchev–Trinajstić information content (AvgIpc) is 2.90. The number of fused-ring (bicyclic) bond motifs is 1. The number of nitrogens with zero attached hydrogens (tertiary/aromatic N) is 1. The molecule has 1 unspecified atom stereocenters. The Hall–Kier alpha value is -1.58. The standard InChI is InChI=1S/C18H24N2O/c1-18(12-19)9-10-20(13-18)11-14-7-8-17(21-2)16-6-4-3-5-15(14)16/h3-8H,9-13,19H2,1-2H3. The van der Waals surface area contributed by atoms with E-state index in [9.17, 15) is 0 Å². The SMILES string of the molecule is COc1ccc(CN2CCC(C)(CN)C2)c2ccccc12. The van der Waals surface area contributed by atoms with Crippen molar-refractivity contribution < 1.29 is 4.74 Å². The highest BCUT2D eigenvalue weighted by Gasteiger charge is 2.32. The molecule has 0 bridgehead atoms. The third-order valence-corrected chi connectivity index (χ3v) is 4.72. The lowest BCUT2D eigenvalue weighted by Gasteiger charge is -2.23. The summed E-state index contributed by atoms with van der Waals surface area (Å²) in [6.45, 7) is 6.27. The highest BCUT2D eigenvalue weighted by molar-refractivity contribution is 5.91. The first-order valence-corrected chi connectivity index (χ1v) is 7.62. The summed E-state index contributed by atoms with van der Waals surface area (Å²) in [7, 11) is 1.73. The van der Waals surface area contributed by atoms with E-state index in [1.54, 1.807) is 7.11 Å². The number of likely N-dealkylation sites (tertiary alicyclic amines) is 1. The third-order valence-electron chi connectivity index (χ3n) is 4.72. The molecule has 3 rings (SSSR count). The van der Waals surface area contributed by atoms with Gasteiger partial charge in [0.15, 0.2) is 0 Å². The number of benzene rings is 2. The first-order chi connectivity index (χ1) is 10.1. The zero-order valence-corrected chi connectivity index (χ0v) is 12.9. The van der Waals surface area contributed by atoms with Gasteiger partial charge in [0.25, 0.3) is 0 Å². The zero-order valence-electron chi connectivity index (χ0n) is 12.9. The number of rotatable bonds is 4. The van der Waals surface area contributed by atoms with Crippen LogP contribution in [0.15, 0.2) is 36.4 Å². The Morgan fingerprint density at radius 1 is 1.19 bits per heavy atom. The second-order valence-corrected chi connectivity index (χ2v) is 6.45. The summed E-state index contributed by atoms with van der Waals surface area (Å²) in [5.41, 5.74) is 7.56. The van der Waals surface area contributed by atoms with Gasteiger partial charge in [-0.15, -0.1) is 0 Å². The number of hydrogen-bond acceptors (Lipinski definition) is 3. The minimum Gasteiger partial charge on any atom is -0.496 e. The van der Waals surface area contributed by atoms with E-state index in [0.29, 0.717) is 0 Å². The van der Waals surface area contributed by atoms with Crippen LogP contribution in [0.25, 0.3) is 10.8 Å². The highest BCUT2D eigenvalue weighted by Crippen LogP contribution is 2.32. The van der Waals surface area contributed by atoms with Crippen LogP contribution in [0.1, 0.15) is 18.9 Å². The van der Waals surface area contributed by atoms with Crippen LogP contribution < -0.4 is 10.5 Å². The Bertz CT molecular complexity index is 640. The molecule has 1 atom stereocenters. The molecule has 1 heterocycles. The van der Waals surface area contributed by atoms with Gasteiger partial charge in [-0.2, -0.15) is 0 Å². The van der Waals surface area contributed by atoms with Crippen molar-refractivity contribution in [2.24, 2.45) is 11.1 Å². The fraction of sp³-hybridized carbons (Fsp3) is 0.444. The fourth-order valence-corrected chi connectivity index (χ4v) is 3.32. The van der Waals surface area contributed by atoms with Gasteiger partial charge in [-0.3, -0.25) is 4.90 Å². The number of ether oxygens (including phenoxy) is 1. The molecule has 2 aromatic carbocycles. The van der Waals surface area contributed by atoms with Gasteiger partial charge < -0.3 is 10.5 Å². The molecular weight excluding hydrogens is 260 g/mol. The van der Waals surface area contributed by atoms with Crippen LogP contribution in [0.2, 0.25) is 0 Å². The van der Waals surface area contributed by atoms with Crippen molar-refractivity contribution in [3.05, 3.63) is 42.0 Å². The Kier molecular flexibility index (Phi) is 3.87. The van der Waals surface area contributed by atoms with E-state index in [1.807, 2.05) is 0 Å². The van der Waals surface area contributed by atoms with E-state index < -0.39 is 0 Å². The van der Waals surface area contributed by atoms with Crippen molar-refractivity contribution in [2.75, 3.05) is 26.7 Å². The molecule has 3 heteroatoms. The van der Waals surface area contributed by atoms with Crippen LogP contribution >= 0.6 is 0 Å². The first-order valence-electron chi connectivity index (χ1n) is 7.62. The predicted octanol–water partition coefficient (Wildman–Crippen LogP) is 3.02. The molecule has 112 valence electrons. The van der Waals surface area contributed by atoms with Gasteiger partial charge in [-0.1, -0.05) is 37.3 Å². The van der Waals surface area contributed by atoms with E-state index >= 15 is 0 Å². The van der Waals surface area contributed by atoms with Crippen molar-refractivity contribution in [1.29, 1.82) is 0 Å². The molecule has 1 aliphatic heterocycles. The highest BCUT2D eigenvalue weighted by atomic mass is 16.5. The minimum atomic E-state index is 0.280. The summed E-state index contributed by atoms with van der Waals surface area (Å²) in [6, 6.07) is 12.8. The molecule has 0 spiro atoms. The lowest BCUT2D eigenvalue weighted by Crippen LogP contribution is -2.31. The summed E-state index contributed by atoms with van der Waals surface area (Å²) >= 11 is 0. The zero-order chi connectivity index (χ0) is 14.9. The summed E-state index contributed by atoms with van der Waals surface area (Å²) in [6.07, 6.45) is 1.19. The van der Waals surface area contributed by atoms with E-state index in [4.69, 9.17) is 10.5 Å². The molecule has 2 N–H and O–H groups in total. The van der Waals surface area contributed by atoms with E-state index in [0.717, 1.165) is 31.9 Å². The van der Waals surface area contributed by atoms with E-state index in [1.165, 1.54) is 22.8 Å². The van der Waals surface area contributed by atoms with Crippen molar-refractivity contribution in [2.45, 2.75) is 19.9 Å². The van der Waals surface area contributed by atoms with Gasteiger partial charge in [-0.25, -0.2) is 0 Å². The van der Waals surface area contributed by atoms with Crippen LogP contribution in [-0.2, 0) is 6.54 Å². The molecule has 1 fully saturated rings. The molecule has 21 heavy (non-hydrogen) atoms. The van der Waals surface area contributed by atoms with Crippen LogP contribution in [0, 0.1) is 5.41 Å². The van der Waals surface area contributed by atoms with Crippen molar-refractivity contribution >= 4 is 10.8 Å². The molecule has 0 aromatic heterocycles. The van der Waals surface area contributed by atoms with Gasteiger partial charge >= 0.3 is 0 Å². The normalized spacial score (nSPS) is 22.8. The van der Waals surface area contributed by atoms with Gasteiger partial charge in [0.05, 0.1) is 7.11 Å². The molecule has 0 aliphatic carbocycles. The lowest BCUT2D eigenvalue weighted by molar-refractivity contribution is 0.275. The van der Waals surface area contributed by atoms with Gasteiger partial charge in [0, 0.05) is 18.5 Å². The molecule has 0 radical (unpaired) electrons. The molecule has 0 amide bonds. The summed E-state index contributed by atoms with van der Waals surface area (Å²) in [5.74, 6) is 0.947. The molecule has 3 nitrogen and oxygen atoms in total. The first kappa shape index (κ1) is 14.4. The monoisotopic (exact) mass is 284 g/mol. The van der Waals surface area contributed by atoms with Crippen LogP contribution in [-0.4, -0.2) is 31.6 Å². The topological polar surface area (TPSA) is 38.5 Å². The van der Waals surface area contributed by atoms with Crippen molar-refractivity contribution in [3.8, 4) is 5.75 Å². The number of hydrogen-bond donors (Lipinski definition) is 1. The van der Waals surface area contributed by atoms with Crippen molar-refractivity contribution in [1.82, 2.24) is 4.90 Å². The maximum absolute atomic E-state index is 5.91. The summed E-state index contributed by atoms with van der Waals surface area (Å²) in [4.78, 5) is 2.51. The molecular formula is C18H24N2O. The van der Waals surface area contributed by atoms with Gasteiger partial charge in [0.2, 0.25) is 0 Å². The van der Waals surface area contributed by atoms with Crippen LogP contribution in [0.5, 0.6) is 5.75 Å². The second kappa shape index (κ2) is 5.66. The van der Waals surface area contributed by atoms with Crippen molar-refractivity contribution in [3.63, 3.8) is 0 Å². The van der Waals surface area contributed by atoms with E-state index in [-0.39, 0.29) is 5.41 Å². The molecule has 2 aromatic rings. The van der Waals surface area contributed by atoms with Gasteiger partial charge in [-0.05, 0) is 41.9 Å². The molecule has 1 saturated heterocycles. The fourth-order valence-electron chi connectivity index (χ4n) is 3.32. The smallest absolute Gasteiger partial charge is 0.126 e.